The molecule has 0 radical (unpaired) electrons. The summed E-state index contributed by atoms with van der Waals surface area (Å²) < 4.78 is 0. The topological polar surface area (TPSA) is 46.3 Å². The highest BCUT2D eigenvalue weighted by atomic mass is 16.2. The molecule has 3 heteroatoms. The molecule has 96 valence electrons. The summed E-state index contributed by atoms with van der Waals surface area (Å²) in [6, 6.07) is 10.2. The van der Waals surface area contributed by atoms with Gasteiger partial charge in [-0.3, -0.25) is 4.79 Å². The summed E-state index contributed by atoms with van der Waals surface area (Å²) in [5.41, 5.74) is 6.66. The number of nitrogens with zero attached hydrogens (tertiary/aromatic N) is 1. The number of rotatable bonds is 3. The first-order chi connectivity index (χ1) is 8.79. The Morgan fingerprint density at radius 3 is 2.50 bits per heavy atom. The number of amides is 1. The van der Waals surface area contributed by atoms with Gasteiger partial charge in [-0.2, -0.15) is 0 Å². The van der Waals surface area contributed by atoms with Gasteiger partial charge in [0.05, 0.1) is 5.41 Å². The van der Waals surface area contributed by atoms with E-state index in [0.29, 0.717) is 18.4 Å². The van der Waals surface area contributed by atoms with Crippen LogP contribution in [0.3, 0.4) is 0 Å². The second-order valence-electron chi connectivity index (χ2n) is 5.47. The van der Waals surface area contributed by atoms with Crippen molar-refractivity contribution in [2.75, 3.05) is 19.6 Å². The van der Waals surface area contributed by atoms with Crippen LogP contribution in [-0.2, 0) is 10.2 Å². The lowest BCUT2D eigenvalue weighted by Crippen LogP contribution is -2.39. The van der Waals surface area contributed by atoms with E-state index >= 15 is 0 Å². The van der Waals surface area contributed by atoms with Gasteiger partial charge >= 0.3 is 0 Å². The molecule has 2 fully saturated rings. The first kappa shape index (κ1) is 11.7. The van der Waals surface area contributed by atoms with Crippen LogP contribution in [0.1, 0.15) is 24.8 Å². The highest BCUT2D eigenvalue weighted by Crippen LogP contribution is 2.55. The molecule has 0 bridgehead atoms. The molecule has 2 aliphatic rings. The summed E-state index contributed by atoms with van der Waals surface area (Å²) in [6.45, 7) is 2.45. The predicted molar refractivity (Wildman–Crippen MR) is 71.1 cm³/mol. The first-order valence-corrected chi connectivity index (χ1v) is 6.84. The predicted octanol–water partition coefficient (Wildman–Crippen LogP) is 1.53. The molecular weight excluding hydrogens is 224 g/mol. The van der Waals surface area contributed by atoms with E-state index in [2.05, 4.69) is 12.1 Å². The van der Waals surface area contributed by atoms with Gasteiger partial charge in [0.15, 0.2) is 0 Å². The van der Waals surface area contributed by atoms with Gasteiger partial charge in [-0.15, -0.1) is 0 Å². The van der Waals surface area contributed by atoms with Gasteiger partial charge in [-0.05, 0) is 37.3 Å². The molecule has 1 aliphatic heterocycles. The minimum atomic E-state index is -0.305. The molecule has 3 rings (SSSR count). The summed E-state index contributed by atoms with van der Waals surface area (Å²) in [4.78, 5) is 14.8. The summed E-state index contributed by atoms with van der Waals surface area (Å²) in [7, 11) is 0. The molecule has 1 heterocycles. The Labute approximate surface area is 108 Å². The van der Waals surface area contributed by atoms with Crippen molar-refractivity contribution in [1.82, 2.24) is 4.90 Å². The van der Waals surface area contributed by atoms with Gasteiger partial charge in [0, 0.05) is 13.1 Å². The van der Waals surface area contributed by atoms with Crippen molar-refractivity contribution >= 4 is 5.91 Å². The molecule has 0 unspecified atom stereocenters. The second kappa shape index (κ2) is 4.39. The van der Waals surface area contributed by atoms with Gasteiger partial charge < -0.3 is 10.6 Å². The van der Waals surface area contributed by atoms with E-state index in [1.54, 1.807) is 0 Å². The molecule has 0 aromatic heterocycles. The van der Waals surface area contributed by atoms with Crippen LogP contribution >= 0.6 is 0 Å². The van der Waals surface area contributed by atoms with Crippen molar-refractivity contribution in [3.8, 4) is 0 Å². The largest absolute Gasteiger partial charge is 0.342 e. The summed E-state index contributed by atoms with van der Waals surface area (Å²) in [5.74, 6) is 0.634. The van der Waals surface area contributed by atoms with E-state index in [0.717, 1.165) is 37.9 Å². The van der Waals surface area contributed by atoms with Crippen molar-refractivity contribution in [2.45, 2.75) is 24.7 Å². The van der Waals surface area contributed by atoms with Crippen LogP contribution in [0.15, 0.2) is 30.3 Å². The molecule has 18 heavy (non-hydrogen) atoms. The van der Waals surface area contributed by atoms with E-state index in [9.17, 15) is 4.79 Å². The maximum absolute atomic E-state index is 12.8. The quantitative estimate of drug-likeness (QED) is 0.876. The van der Waals surface area contributed by atoms with E-state index in [-0.39, 0.29) is 5.41 Å². The number of nitrogens with two attached hydrogens (primary N) is 1. The number of carbonyl (C=O) groups is 1. The Kier molecular flexibility index (Phi) is 2.86. The fraction of sp³-hybridized carbons (Fsp3) is 0.533. The summed E-state index contributed by atoms with van der Waals surface area (Å²) in [5, 5.41) is 0. The maximum Gasteiger partial charge on any atom is 0.233 e. The van der Waals surface area contributed by atoms with E-state index < -0.39 is 0 Å². The van der Waals surface area contributed by atoms with Crippen molar-refractivity contribution < 1.29 is 4.79 Å². The number of likely N-dealkylation sites (tertiary alicyclic amines) is 1. The number of benzene rings is 1. The normalized spacial score (nSPS) is 30.5. The molecular formula is C15H20N2O. The average Bonchev–Trinajstić information content (AvgIpc) is 2.92. The van der Waals surface area contributed by atoms with Crippen molar-refractivity contribution in [3.05, 3.63) is 35.9 Å². The van der Waals surface area contributed by atoms with Gasteiger partial charge in [-0.25, -0.2) is 0 Å². The van der Waals surface area contributed by atoms with Crippen molar-refractivity contribution in [1.29, 1.82) is 0 Å². The van der Waals surface area contributed by atoms with Crippen LogP contribution in [-0.4, -0.2) is 30.4 Å². The summed E-state index contributed by atoms with van der Waals surface area (Å²) in [6.07, 6.45) is 3.21. The zero-order valence-corrected chi connectivity index (χ0v) is 10.6. The van der Waals surface area contributed by atoms with Gasteiger partial charge in [0.25, 0.3) is 0 Å². The Balaban J connectivity index is 1.91. The molecule has 1 saturated heterocycles. The van der Waals surface area contributed by atoms with Gasteiger partial charge in [0.1, 0.15) is 0 Å². The third-order valence-corrected chi connectivity index (χ3v) is 4.45. The van der Waals surface area contributed by atoms with Gasteiger partial charge in [0.2, 0.25) is 5.91 Å². The average molecular weight is 244 g/mol. The smallest absolute Gasteiger partial charge is 0.233 e. The fourth-order valence-corrected chi connectivity index (χ4v) is 3.29. The van der Waals surface area contributed by atoms with Crippen molar-refractivity contribution in [2.24, 2.45) is 11.7 Å². The Morgan fingerprint density at radius 2 is 1.94 bits per heavy atom. The minimum Gasteiger partial charge on any atom is -0.342 e. The van der Waals surface area contributed by atoms with E-state index in [4.69, 9.17) is 5.73 Å². The molecule has 2 N–H and O–H groups in total. The molecule has 3 nitrogen and oxygen atoms in total. The zero-order valence-electron chi connectivity index (χ0n) is 10.6. The van der Waals surface area contributed by atoms with Crippen LogP contribution in [0.25, 0.3) is 0 Å². The fourth-order valence-electron chi connectivity index (χ4n) is 3.29. The molecule has 1 saturated carbocycles. The van der Waals surface area contributed by atoms with Crippen LogP contribution in [0.5, 0.6) is 0 Å². The molecule has 2 atom stereocenters. The Bertz CT molecular complexity index is 439. The Morgan fingerprint density at radius 1 is 1.28 bits per heavy atom. The van der Waals surface area contributed by atoms with E-state index in [1.165, 1.54) is 0 Å². The maximum atomic E-state index is 12.8. The van der Waals surface area contributed by atoms with Crippen molar-refractivity contribution in [3.63, 3.8) is 0 Å². The highest BCUT2D eigenvalue weighted by Gasteiger charge is 2.61. The lowest BCUT2D eigenvalue weighted by atomic mass is 9.91. The van der Waals surface area contributed by atoms with E-state index in [1.807, 2.05) is 23.1 Å². The SMILES string of the molecule is NC[C@@H]1C[C@]1(C(=O)N1CCCC1)c1ccccc1. The number of carbonyl (C=O) groups excluding carboxylic acids is 1. The number of hydrogen-bond donors (Lipinski definition) is 1. The monoisotopic (exact) mass is 244 g/mol. The van der Waals surface area contributed by atoms with Crippen LogP contribution < -0.4 is 5.73 Å². The zero-order chi connectivity index (χ0) is 12.6. The standard InChI is InChI=1S/C15H20N2O/c16-11-13-10-15(13,12-6-2-1-3-7-12)14(18)17-8-4-5-9-17/h1-3,6-7,13H,4-5,8-11,16H2/t13-,15-/m0/s1. The molecule has 0 spiro atoms. The molecule has 1 aromatic rings. The third kappa shape index (κ3) is 1.65. The second-order valence-corrected chi connectivity index (χ2v) is 5.47. The van der Waals surface area contributed by atoms with Crippen LogP contribution in [0, 0.1) is 5.92 Å². The lowest BCUT2D eigenvalue weighted by Gasteiger charge is -2.24. The summed E-state index contributed by atoms with van der Waals surface area (Å²) >= 11 is 0. The number of hydrogen-bond acceptors (Lipinski definition) is 2. The molecule has 1 aliphatic carbocycles. The highest BCUT2D eigenvalue weighted by molar-refractivity contribution is 5.92. The Hall–Kier alpha value is -1.35. The molecule has 1 aromatic carbocycles. The minimum absolute atomic E-state index is 0.305. The third-order valence-electron chi connectivity index (χ3n) is 4.45. The van der Waals surface area contributed by atoms with Gasteiger partial charge in [-0.1, -0.05) is 30.3 Å². The lowest BCUT2D eigenvalue weighted by molar-refractivity contribution is -0.133. The van der Waals surface area contributed by atoms with Crippen LogP contribution in [0.4, 0.5) is 0 Å². The van der Waals surface area contributed by atoms with Crippen LogP contribution in [0.2, 0.25) is 0 Å². The molecule has 1 amide bonds. The first-order valence-electron chi connectivity index (χ1n) is 6.84.